The van der Waals surface area contributed by atoms with Crippen LogP contribution in [0.4, 0.5) is 0 Å². The number of pyridine rings is 1. The molecule has 1 aromatic rings. The molecule has 1 fully saturated rings. The molecule has 0 radical (unpaired) electrons. The zero-order chi connectivity index (χ0) is 31.0. The molecule has 2 heterocycles. The van der Waals surface area contributed by atoms with Crippen LogP contribution in [0.2, 0.25) is 0 Å². The van der Waals surface area contributed by atoms with Gasteiger partial charge >= 0.3 is 0 Å². The van der Waals surface area contributed by atoms with Gasteiger partial charge in [0.15, 0.2) is 0 Å². The van der Waals surface area contributed by atoms with Crippen molar-refractivity contribution in [1.82, 2.24) is 4.98 Å². The third kappa shape index (κ3) is 7.20. The fourth-order valence-electron chi connectivity index (χ4n) is 4.93. The second-order valence-electron chi connectivity index (χ2n) is 10.7. The van der Waals surface area contributed by atoms with Crippen LogP contribution >= 0.6 is 0 Å². The van der Waals surface area contributed by atoms with Gasteiger partial charge in [-0.15, -0.1) is 0 Å². The number of ether oxygens (including phenoxy) is 4. The van der Waals surface area contributed by atoms with Gasteiger partial charge in [0.25, 0.3) is 0 Å². The van der Waals surface area contributed by atoms with Gasteiger partial charge in [0.1, 0.15) is 23.4 Å². The highest BCUT2D eigenvalue weighted by atomic mass is 16.7. The summed E-state index contributed by atoms with van der Waals surface area (Å²) in [4.78, 5) is 15.6. The number of aromatic amines is 1. The van der Waals surface area contributed by atoms with Crippen LogP contribution in [0, 0.1) is 6.92 Å². The fourth-order valence-corrected chi connectivity index (χ4v) is 4.93. The first-order valence-electron chi connectivity index (χ1n) is 13.7. The lowest BCUT2D eigenvalue weighted by molar-refractivity contribution is -0.399. The molecule has 0 amide bonds. The molecule has 0 aliphatic carbocycles. The lowest BCUT2D eigenvalue weighted by Crippen LogP contribution is -2.77. The molecule has 0 saturated carbocycles. The SMILES string of the molecule is C/C=C(\C)[C@@]1(OCC/C=C/C=C/C/C(C)=C/Cc2[nH]c(OC)c(OC)c(=O)c2C)O[C@H](CO)[C@@](C)(O)[C@H](O)[C@@]1(C)O. The molecule has 1 aliphatic heterocycles. The molecule has 10 heteroatoms. The Labute approximate surface area is 242 Å². The number of aliphatic hydroxyl groups is 4. The van der Waals surface area contributed by atoms with E-state index >= 15 is 0 Å². The summed E-state index contributed by atoms with van der Waals surface area (Å²) in [5.41, 5.74) is -1.08. The third-order valence-electron chi connectivity index (χ3n) is 7.78. The predicted octanol–water partition coefficient (Wildman–Crippen LogP) is 3.02. The van der Waals surface area contributed by atoms with Crippen molar-refractivity contribution in [1.29, 1.82) is 0 Å². The molecule has 0 unspecified atom stereocenters. The van der Waals surface area contributed by atoms with E-state index in [2.05, 4.69) is 11.1 Å². The van der Waals surface area contributed by atoms with Crippen molar-refractivity contribution < 1.29 is 39.4 Å². The number of methoxy groups -OCH3 is 2. The van der Waals surface area contributed by atoms with Crippen LogP contribution in [0.5, 0.6) is 11.6 Å². The number of hydrogen-bond donors (Lipinski definition) is 5. The van der Waals surface area contributed by atoms with Crippen LogP contribution < -0.4 is 14.9 Å². The summed E-state index contributed by atoms with van der Waals surface area (Å²) in [6, 6.07) is 0. The molecule has 230 valence electrons. The lowest BCUT2D eigenvalue weighted by atomic mass is 9.72. The quantitative estimate of drug-likeness (QED) is 0.135. The Morgan fingerprint density at radius 3 is 2.37 bits per heavy atom. The van der Waals surface area contributed by atoms with E-state index in [-0.39, 0.29) is 17.8 Å². The second-order valence-corrected chi connectivity index (χ2v) is 10.7. The van der Waals surface area contributed by atoms with E-state index in [0.717, 1.165) is 17.7 Å². The summed E-state index contributed by atoms with van der Waals surface area (Å²) < 4.78 is 22.4. The predicted molar refractivity (Wildman–Crippen MR) is 157 cm³/mol. The number of aliphatic hydroxyl groups excluding tert-OH is 2. The molecule has 0 bridgehead atoms. The van der Waals surface area contributed by atoms with E-state index in [1.54, 1.807) is 26.8 Å². The Hall–Kier alpha value is -2.73. The highest BCUT2D eigenvalue weighted by molar-refractivity contribution is 5.40. The van der Waals surface area contributed by atoms with Crippen molar-refractivity contribution in [2.75, 3.05) is 27.4 Å². The lowest BCUT2D eigenvalue weighted by Gasteiger charge is -2.57. The monoisotopic (exact) mass is 577 g/mol. The second kappa shape index (κ2) is 14.4. The molecule has 5 N–H and O–H groups in total. The summed E-state index contributed by atoms with van der Waals surface area (Å²) in [5.74, 6) is -1.28. The van der Waals surface area contributed by atoms with E-state index in [4.69, 9.17) is 18.9 Å². The summed E-state index contributed by atoms with van der Waals surface area (Å²) in [7, 11) is 2.92. The highest BCUT2D eigenvalue weighted by Gasteiger charge is 2.66. The van der Waals surface area contributed by atoms with Gasteiger partial charge in [-0.2, -0.15) is 0 Å². The van der Waals surface area contributed by atoms with Gasteiger partial charge in [-0.1, -0.05) is 42.0 Å². The standard InChI is InChI=1S/C31H47NO9/c1-9-21(3)31(30(6,37)28(35)29(5,36)24(19-33)41-31)40-18-14-12-10-11-13-15-20(2)16-17-23-22(4)25(34)26(38-7)27(32-23)39-8/h9-13,16,24,28,33,35-37H,14-15,17-19H2,1-8H3,(H,32,34)/b12-10+,13-11+,20-16+,21-9+/t24-,28+,29-,30-,31-/m1/s1. The largest absolute Gasteiger partial charge is 0.488 e. The summed E-state index contributed by atoms with van der Waals surface area (Å²) in [5, 5.41) is 42.6. The van der Waals surface area contributed by atoms with Gasteiger partial charge in [-0.05, 0) is 60.0 Å². The van der Waals surface area contributed by atoms with Gasteiger partial charge in [-0.25, -0.2) is 0 Å². The van der Waals surface area contributed by atoms with Crippen molar-refractivity contribution in [3.63, 3.8) is 0 Å². The molecular weight excluding hydrogens is 530 g/mol. The van der Waals surface area contributed by atoms with Crippen molar-refractivity contribution in [2.24, 2.45) is 0 Å². The average molecular weight is 578 g/mol. The van der Waals surface area contributed by atoms with Crippen LogP contribution in [0.3, 0.4) is 0 Å². The van der Waals surface area contributed by atoms with E-state index in [1.807, 2.05) is 31.2 Å². The van der Waals surface area contributed by atoms with Crippen molar-refractivity contribution in [3.8, 4) is 11.6 Å². The Kier molecular flexibility index (Phi) is 12.1. The molecule has 1 saturated heterocycles. The number of hydrogen-bond acceptors (Lipinski definition) is 9. The van der Waals surface area contributed by atoms with E-state index in [1.165, 1.54) is 28.1 Å². The van der Waals surface area contributed by atoms with Gasteiger partial charge in [0.2, 0.25) is 22.8 Å². The van der Waals surface area contributed by atoms with Gasteiger partial charge in [0.05, 0.1) is 27.4 Å². The maximum atomic E-state index is 12.5. The maximum absolute atomic E-state index is 12.5. The molecule has 1 aliphatic rings. The number of H-pyrrole nitrogens is 1. The highest BCUT2D eigenvalue weighted by Crippen LogP contribution is 2.47. The van der Waals surface area contributed by atoms with Crippen LogP contribution in [-0.4, -0.2) is 82.0 Å². The minimum Gasteiger partial charge on any atom is -0.488 e. The average Bonchev–Trinajstić information content (AvgIpc) is 2.94. The maximum Gasteiger partial charge on any atom is 0.238 e. The van der Waals surface area contributed by atoms with Gasteiger partial charge < -0.3 is 44.4 Å². The zero-order valence-corrected chi connectivity index (χ0v) is 25.5. The topological polar surface area (TPSA) is 151 Å². The molecule has 10 nitrogen and oxygen atoms in total. The molecule has 2 rings (SSSR count). The summed E-state index contributed by atoms with van der Waals surface area (Å²) in [6.07, 6.45) is 10.4. The van der Waals surface area contributed by atoms with Crippen LogP contribution in [0.1, 0.15) is 58.7 Å². The minimum atomic E-state index is -1.99. The Bertz CT molecular complexity index is 1210. The molecule has 0 spiro atoms. The fraction of sp³-hybridized carbons (Fsp3) is 0.581. The Morgan fingerprint density at radius 1 is 1.12 bits per heavy atom. The van der Waals surface area contributed by atoms with Crippen molar-refractivity contribution in [3.05, 3.63) is 69.1 Å². The molecule has 5 atom stereocenters. The number of allylic oxidation sites excluding steroid dienone is 6. The third-order valence-corrected chi connectivity index (χ3v) is 7.78. The van der Waals surface area contributed by atoms with Crippen LogP contribution in [0.25, 0.3) is 0 Å². The summed E-state index contributed by atoms with van der Waals surface area (Å²) >= 11 is 0. The smallest absolute Gasteiger partial charge is 0.238 e. The van der Waals surface area contributed by atoms with Crippen molar-refractivity contribution in [2.45, 2.75) is 90.0 Å². The Morgan fingerprint density at radius 2 is 1.78 bits per heavy atom. The first-order valence-corrected chi connectivity index (χ1v) is 13.7. The summed E-state index contributed by atoms with van der Waals surface area (Å²) in [6.45, 7) is 9.48. The molecule has 1 aromatic heterocycles. The number of nitrogens with one attached hydrogen (secondary N) is 1. The van der Waals surface area contributed by atoms with Gasteiger partial charge in [-0.3, -0.25) is 4.79 Å². The van der Waals surface area contributed by atoms with Crippen molar-refractivity contribution >= 4 is 0 Å². The molecule has 0 aromatic carbocycles. The number of aromatic nitrogens is 1. The minimum absolute atomic E-state index is 0.153. The normalized spacial score (nSPS) is 29.5. The Balaban J connectivity index is 1.98. The van der Waals surface area contributed by atoms with E-state index < -0.39 is 35.8 Å². The van der Waals surface area contributed by atoms with E-state index in [9.17, 15) is 25.2 Å². The van der Waals surface area contributed by atoms with Crippen LogP contribution in [0.15, 0.2) is 52.4 Å². The zero-order valence-electron chi connectivity index (χ0n) is 25.5. The number of rotatable bonds is 13. The van der Waals surface area contributed by atoms with Crippen LogP contribution in [-0.2, 0) is 15.9 Å². The first kappa shape index (κ1) is 34.5. The molecular formula is C31H47NO9. The molecule has 41 heavy (non-hydrogen) atoms. The van der Waals surface area contributed by atoms with E-state index in [0.29, 0.717) is 29.9 Å². The van der Waals surface area contributed by atoms with Gasteiger partial charge in [0, 0.05) is 17.7 Å². The first-order chi connectivity index (χ1) is 19.2.